The van der Waals surface area contributed by atoms with E-state index in [1.54, 1.807) is 22.9 Å². The van der Waals surface area contributed by atoms with Crippen LogP contribution in [-0.4, -0.2) is 49.1 Å². The number of thioether (sulfide) groups is 1. The number of nitrogens with zero attached hydrogens (tertiary/aromatic N) is 2. The molecule has 0 radical (unpaired) electrons. The molecule has 6 nitrogen and oxygen atoms in total. The van der Waals surface area contributed by atoms with Crippen molar-refractivity contribution in [1.29, 1.82) is 0 Å². The zero-order chi connectivity index (χ0) is 14.8. The maximum Gasteiger partial charge on any atom is 0.298 e. The highest BCUT2D eigenvalue weighted by atomic mass is 32.2. The van der Waals surface area contributed by atoms with Crippen LogP contribution >= 0.6 is 11.8 Å². The normalized spacial score (nSPS) is 20.6. The van der Waals surface area contributed by atoms with Crippen LogP contribution in [0.3, 0.4) is 0 Å². The van der Waals surface area contributed by atoms with Crippen LogP contribution in [0.5, 0.6) is 0 Å². The molecule has 8 heteroatoms. The lowest BCUT2D eigenvalue weighted by molar-refractivity contribution is 0.520. The first kappa shape index (κ1) is 15.7. The van der Waals surface area contributed by atoms with E-state index >= 15 is 0 Å². The second-order valence-electron chi connectivity index (χ2n) is 5.21. The van der Waals surface area contributed by atoms with E-state index in [0.29, 0.717) is 30.9 Å². The molecule has 0 aliphatic carbocycles. The Labute approximate surface area is 124 Å². The fourth-order valence-corrected chi connectivity index (χ4v) is 4.78. The van der Waals surface area contributed by atoms with E-state index in [2.05, 4.69) is 24.1 Å². The van der Waals surface area contributed by atoms with Crippen LogP contribution in [0.4, 0.5) is 6.01 Å². The molecule has 1 atom stereocenters. The minimum absolute atomic E-state index is 0.366. The molecule has 1 aliphatic rings. The summed E-state index contributed by atoms with van der Waals surface area (Å²) in [5, 5.41) is 2.71. The molecule has 0 saturated carbocycles. The molecule has 2 rings (SSSR count). The molecule has 0 spiro atoms. The van der Waals surface area contributed by atoms with Gasteiger partial charge in [0.2, 0.25) is 0 Å². The third kappa shape index (κ3) is 3.89. The molecule has 20 heavy (non-hydrogen) atoms. The number of sulfone groups is 1. The number of hydrogen-bond donors (Lipinski definition) is 1. The molecule has 1 aromatic heterocycles. The zero-order valence-electron chi connectivity index (χ0n) is 12.0. The van der Waals surface area contributed by atoms with Gasteiger partial charge in [0.05, 0.1) is 5.69 Å². The zero-order valence-corrected chi connectivity index (χ0v) is 13.6. The van der Waals surface area contributed by atoms with Crippen LogP contribution in [0, 0.1) is 0 Å². The Hall–Kier alpha value is -0.730. The second-order valence-corrected chi connectivity index (χ2v) is 8.56. The summed E-state index contributed by atoms with van der Waals surface area (Å²) in [7, 11) is -3.15. The molecule has 1 saturated heterocycles. The highest BCUT2D eigenvalue weighted by Gasteiger charge is 2.33. The number of aromatic nitrogens is 1. The summed E-state index contributed by atoms with van der Waals surface area (Å²) in [4.78, 5) is 6.15. The number of nitrogens with one attached hydrogen (secondary N) is 1. The van der Waals surface area contributed by atoms with E-state index < -0.39 is 15.2 Å². The predicted molar refractivity (Wildman–Crippen MR) is 81.8 cm³/mol. The van der Waals surface area contributed by atoms with Crippen molar-refractivity contribution in [3.8, 4) is 0 Å². The van der Waals surface area contributed by atoms with Crippen molar-refractivity contribution in [2.45, 2.75) is 31.8 Å². The highest BCUT2D eigenvalue weighted by Crippen LogP contribution is 2.26. The first-order valence-corrected chi connectivity index (χ1v) is 9.70. The Kier molecular flexibility index (Phi) is 4.98. The topological polar surface area (TPSA) is 75.4 Å². The van der Waals surface area contributed by atoms with E-state index in [1.807, 2.05) is 0 Å². The highest BCUT2D eigenvalue weighted by molar-refractivity contribution is 8.01. The molecule has 2 heterocycles. The van der Waals surface area contributed by atoms with Crippen LogP contribution in [-0.2, 0) is 16.4 Å². The summed E-state index contributed by atoms with van der Waals surface area (Å²) in [5.41, 5.74) is 0.791. The number of hydrogen-bond acceptors (Lipinski definition) is 7. The summed E-state index contributed by atoms with van der Waals surface area (Å²) in [6.07, 6.45) is 2.85. The standard InChI is InChI=1S/C12H21N3O3S2/c1-9(2)13-6-10-7-18-12(14-10)15-4-5-19-8-11(15)20(3,16)17/h7,9,11,13H,4-6,8H2,1-3H3. The van der Waals surface area contributed by atoms with Crippen molar-refractivity contribution in [3.05, 3.63) is 12.0 Å². The summed E-state index contributed by atoms with van der Waals surface area (Å²) in [5.74, 6) is 1.44. The number of oxazole rings is 1. The van der Waals surface area contributed by atoms with Gasteiger partial charge in [0.25, 0.3) is 6.01 Å². The van der Waals surface area contributed by atoms with Gasteiger partial charge in [-0.05, 0) is 0 Å². The Morgan fingerprint density at radius 2 is 2.35 bits per heavy atom. The van der Waals surface area contributed by atoms with Crippen LogP contribution in [0.15, 0.2) is 10.7 Å². The monoisotopic (exact) mass is 319 g/mol. The van der Waals surface area contributed by atoms with Gasteiger partial charge in [-0.3, -0.25) is 0 Å². The van der Waals surface area contributed by atoms with E-state index in [-0.39, 0.29) is 0 Å². The Bertz CT molecular complexity index is 542. The first-order chi connectivity index (χ1) is 9.38. The molecule has 0 bridgehead atoms. The molecule has 1 unspecified atom stereocenters. The van der Waals surface area contributed by atoms with Gasteiger partial charge in [0.15, 0.2) is 9.84 Å². The average molecular weight is 319 g/mol. The minimum atomic E-state index is -3.15. The van der Waals surface area contributed by atoms with Gasteiger partial charge in [0, 0.05) is 36.9 Å². The maximum atomic E-state index is 11.9. The van der Waals surface area contributed by atoms with E-state index in [4.69, 9.17) is 4.42 Å². The summed E-state index contributed by atoms with van der Waals surface area (Å²) < 4.78 is 29.2. The van der Waals surface area contributed by atoms with E-state index in [9.17, 15) is 8.42 Å². The summed E-state index contributed by atoms with van der Waals surface area (Å²) >= 11 is 1.65. The Balaban J connectivity index is 2.12. The van der Waals surface area contributed by atoms with Gasteiger partial charge >= 0.3 is 0 Å². The van der Waals surface area contributed by atoms with Crippen LogP contribution in [0.1, 0.15) is 19.5 Å². The maximum absolute atomic E-state index is 11.9. The fraction of sp³-hybridized carbons (Fsp3) is 0.750. The van der Waals surface area contributed by atoms with Crippen molar-refractivity contribution in [1.82, 2.24) is 10.3 Å². The van der Waals surface area contributed by atoms with Crippen LogP contribution in [0.25, 0.3) is 0 Å². The third-order valence-electron chi connectivity index (χ3n) is 3.06. The summed E-state index contributed by atoms with van der Waals surface area (Å²) in [6.45, 7) is 5.37. The smallest absolute Gasteiger partial charge is 0.298 e. The predicted octanol–water partition coefficient (Wildman–Crippen LogP) is 1.10. The van der Waals surface area contributed by atoms with E-state index in [1.165, 1.54) is 6.26 Å². The van der Waals surface area contributed by atoms with Crippen molar-refractivity contribution in [2.75, 3.05) is 29.2 Å². The molecule has 1 aliphatic heterocycles. The van der Waals surface area contributed by atoms with Crippen molar-refractivity contribution >= 4 is 27.6 Å². The van der Waals surface area contributed by atoms with Gasteiger partial charge in [-0.15, -0.1) is 0 Å². The largest absolute Gasteiger partial charge is 0.432 e. The molecule has 0 amide bonds. The van der Waals surface area contributed by atoms with Gasteiger partial charge < -0.3 is 14.6 Å². The lowest BCUT2D eigenvalue weighted by atomic mass is 10.4. The third-order valence-corrected chi connectivity index (χ3v) is 5.70. The molecule has 1 fully saturated rings. The second kappa shape index (κ2) is 6.36. The Morgan fingerprint density at radius 1 is 1.60 bits per heavy atom. The lowest BCUT2D eigenvalue weighted by Gasteiger charge is -2.32. The SMILES string of the molecule is CC(C)NCc1coc(N2CCSCC2S(C)(=O)=O)n1. The first-order valence-electron chi connectivity index (χ1n) is 6.59. The average Bonchev–Trinajstić information content (AvgIpc) is 2.84. The van der Waals surface area contributed by atoms with E-state index in [0.717, 1.165) is 11.4 Å². The lowest BCUT2D eigenvalue weighted by Crippen LogP contribution is -2.47. The van der Waals surface area contributed by atoms with Crippen molar-refractivity contribution in [3.63, 3.8) is 0 Å². The van der Waals surface area contributed by atoms with Gasteiger partial charge in [-0.2, -0.15) is 16.7 Å². The quantitative estimate of drug-likeness (QED) is 0.871. The molecule has 114 valence electrons. The van der Waals surface area contributed by atoms with Crippen LogP contribution < -0.4 is 10.2 Å². The van der Waals surface area contributed by atoms with Crippen LogP contribution in [0.2, 0.25) is 0 Å². The van der Waals surface area contributed by atoms with Gasteiger partial charge in [-0.1, -0.05) is 13.8 Å². The molecule has 1 N–H and O–H groups in total. The summed E-state index contributed by atoms with van der Waals surface area (Å²) in [6, 6.07) is 0.770. The Morgan fingerprint density at radius 3 is 3.00 bits per heavy atom. The molecule has 1 aromatic rings. The number of rotatable bonds is 5. The fourth-order valence-electron chi connectivity index (χ4n) is 1.97. The van der Waals surface area contributed by atoms with Crippen molar-refractivity contribution in [2.24, 2.45) is 0 Å². The molecular weight excluding hydrogens is 298 g/mol. The van der Waals surface area contributed by atoms with Crippen molar-refractivity contribution < 1.29 is 12.8 Å². The molecular formula is C12H21N3O3S2. The van der Waals surface area contributed by atoms with Gasteiger partial charge in [-0.25, -0.2) is 8.42 Å². The minimum Gasteiger partial charge on any atom is -0.432 e. The van der Waals surface area contributed by atoms with Gasteiger partial charge in [0.1, 0.15) is 11.6 Å². The molecule has 0 aromatic carbocycles. The number of anilines is 1.